The standard InChI is InChI=1S/C13H14BrClO3/c1-2-18-12(16)8-7-11(14)13(17)9-3-5-10(15)6-4-9/h3-6,11H,2,7-8H2,1H3. The van der Waals surface area contributed by atoms with Crippen molar-refractivity contribution in [2.75, 3.05) is 6.61 Å². The Labute approximate surface area is 120 Å². The molecule has 0 aliphatic heterocycles. The van der Waals surface area contributed by atoms with Gasteiger partial charge in [0.25, 0.3) is 0 Å². The molecule has 3 nitrogen and oxygen atoms in total. The molecule has 0 N–H and O–H groups in total. The van der Waals surface area contributed by atoms with E-state index in [1.54, 1.807) is 31.2 Å². The van der Waals surface area contributed by atoms with E-state index in [0.29, 0.717) is 23.6 Å². The highest BCUT2D eigenvalue weighted by atomic mass is 79.9. The van der Waals surface area contributed by atoms with Gasteiger partial charge in [-0.2, -0.15) is 0 Å². The highest BCUT2D eigenvalue weighted by Gasteiger charge is 2.18. The smallest absolute Gasteiger partial charge is 0.305 e. The van der Waals surface area contributed by atoms with Crippen molar-refractivity contribution in [2.45, 2.75) is 24.6 Å². The van der Waals surface area contributed by atoms with E-state index in [4.69, 9.17) is 16.3 Å². The summed E-state index contributed by atoms with van der Waals surface area (Å²) in [5, 5.41) is 0.587. The second-order valence-electron chi connectivity index (χ2n) is 3.68. The maximum absolute atomic E-state index is 12.0. The molecular formula is C13H14BrClO3. The normalized spacial score (nSPS) is 11.9. The molecule has 0 radical (unpaired) electrons. The Morgan fingerprint density at radius 3 is 2.50 bits per heavy atom. The van der Waals surface area contributed by atoms with E-state index in [2.05, 4.69) is 15.9 Å². The lowest BCUT2D eigenvalue weighted by atomic mass is 10.1. The molecule has 0 amide bonds. The topological polar surface area (TPSA) is 43.4 Å². The van der Waals surface area contributed by atoms with Crippen LogP contribution in [0, 0.1) is 0 Å². The molecule has 1 aromatic carbocycles. The Balaban J connectivity index is 2.51. The minimum atomic E-state index is -0.386. The van der Waals surface area contributed by atoms with Gasteiger partial charge in [-0.15, -0.1) is 0 Å². The number of Topliss-reactive ketones (excluding diaryl/α,β-unsaturated/α-hetero) is 1. The third kappa shape index (κ3) is 4.78. The van der Waals surface area contributed by atoms with Gasteiger partial charge in [-0.1, -0.05) is 27.5 Å². The lowest BCUT2D eigenvalue weighted by Crippen LogP contribution is -2.16. The van der Waals surface area contributed by atoms with Gasteiger partial charge in [-0.3, -0.25) is 9.59 Å². The Bertz CT molecular complexity index is 417. The number of benzene rings is 1. The Morgan fingerprint density at radius 2 is 1.94 bits per heavy atom. The molecule has 1 aromatic rings. The van der Waals surface area contributed by atoms with Gasteiger partial charge in [0.2, 0.25) is 0 Å². The molecule has 5 heteroatoms. The zero-order valence-electron chi connectivity index (χ0n) is 9.99. The van der Waals surface area contributed by atoms with Crippen molar-refractivity contribution in [1.29, 1.82) is 0 Å². The van der Waals surface area contributed by atoms with Crippen molar-refractivity contribution in [1.82, 2.24) is 0 Å². The van der Waals surface area contributed by atoms with Crippen molar-refractivity contribution in [3.05, 3.63) is 34.9 Å². The van der Waals surface area contributed by atoms with E-state index in [1.807, 2.05) is 0 Å². The molecule has 1 atom stereocenters. The van der Waals surface area contributed by atoms with Gasteiger partial charge in [0.05, 0.1) is 11.4 Å². The van der Waals surface area contributed by atoms with Gasteiger partial charge in [0, 0.05) is 17.0 Å². The van der Waals surface area contributed by atoms with E-state index in [-0.39, 0.29) is 23.0 Å². The second kappa shape index (κ2) is 7.54. The van der Waals surface area contributed by atoms with Crippen molar-refractivity contribution in [3.8, 4) is 0 Å². The average Bonchev–Trinajstić information content (AvgIpc) is 2.36. The fourth-order valence-electron chi connectivity index (χ4n) is 1.40. The van der Waals surface area contributed by atoms with Crippen molar-refractivity contribution < 1.29 is 14.3 Å². The molecule has 0 aliphatic rings. The minimum absolute atomic E-state index is 0.0593. The molecule has 0 saturated heterocycles. The predicted octanol–water partition coefficient (Wildman–Crippen LogP) is 3.63. The fourth-order valence-corrected chi connectivity index (χ4v) is 2.02. The largest absolute Gasteiger partial charge is 0.466 e. The number of ketones is 1. The molecular weight excluding hydrogens is 319 g/mol. The monoisotopic (exact) mass is 332 g/mol. The summed E-state index contributed by atoms with van der Waals surface area (Å²) in [7, 11) is 0. The molecule has 0 bridgehead atoms. The van der Waals surface area contributed by atoms with Gasteiger partial charge in [-0.05, 0) is 37.6 Å². The molecule has 1 rings (SSSR count). The average molecular weight is 334 g/mol. The van der Waals surface area contributed by atoms with Gasteiger partial charge in [0.1, 0.15) is 0 Å². The third-order valence-corrected chi connectivity index (χ3v) is 3.45. The number of carbonyl (C=O) groups excluding carboxylic acids is 2. The first-order valence-corrected chi connectivity index (χ1v) is 6.93. The molecule has 0 saturated carbocycles. The Hall–Kier alpha value is -0.870. The lowest BCUT2D eigenvalue weighted by molar-refractivity contribution is -0.143. The molecule has 18 heavy (non-hydrogen) atoms. The number of halogens is 2. The summed E-state index contributed by atoms with van der Waals surface area (Å²) < 4.78 is 4.80. The van der Waals surface area contributed by atoms with E-state index >= 15 is 0 Å². The number of rotatable bonds is 6. The Morgan fingerprint density at radius 1 is 1.33 bits per heavy atom. The summed E-state index contributed by atoms with van der Waals surface area (Å²) >= 11 is 9.04. The van der Waals surface area contributed by atoms with Crippen molar-refractivity contribution >= 4 is 39.3 Å². The van der Waals surface area contributed by atoms with Crippen LogP contribution in [-0.4, -0.2) is 23.2 Å². The zero-order valence-corrected chi connectivity index (χ0v) is 12.3. The van der Waals surface area contributed by atoms with Gasteiger partial charge in [0.15, 0.2) is 5.78 Å². The molecule has 0 aromatic heterocycles. The quantitative estimate of drug-likeness (QED) is 0.453. The van der Waals surface area contributed by atoms with Crippen molar-refractivity contribution in [3.63, 3.8) is 0 Å². The number of hydrogen-bond acceptors (Lipinski definition) is 3. The number of esters is 1. The number of carbonyl (C=O) groups is 2. The lowest BCUT2D eigenvalue weighted by Gasteiger charge is -2.08. The van der Waals surface area contributed by atoms with E-state index in [9.17, 15) is 9.59 Å². The third-order valence-electron chi connectivity index (χ3n) is 2.32. The fraction of sp³-hybridized carbons (Fsp3) is 0.385. The Kier molecular flexibility index (Phi) is 6.36. The summed E-state index contributed by atoms with van der Waals surface area (Å²) in [5.41, 5.74) is 0.574. The number of ether oxygens (including phenoxy) is 1. The van der Waals surface area contributed by atoms with Crippen LogP contribution in [0.5, 0.6) is 0 Å². The van der Waals surface area contributed by atoms with Gasteiger partial charge < -0.3 is 4.74 Å². The van der Waals surface area contributed by atoms with E-state index in [1.165, 1.54) is 0 Å². The predicted molar refractivity (Wildman–Crippen MR) is 74.4 cm³/mol. The first-order chi connectivity index (χ1) is 8.54. The van der Waals surface area contributed by atoms with Gasteiger partial charge >= 0.3 is 5.97 Å². The van der Waals surface area contributed by atoms with Crippen LogP contribution >= 0.6 is 27.5 Å². The van der Waals surface area contributed by atoms with Crippen LogP contribution in [0.15, 0.2) is 24.3 Å². The summed E-state index contributed by atoms with van der Waals surface area (Å²) in [5.74, 6) is -0.346. The summed E-state index contributed by atoms with van der Waals surface area (Å²) in [6, 6.07) is 6.67. The molecule has 0 aliphatic carbocycles. The van der Waals surface area contributed by atoms with E-state index < -0.39 is 0 Å². The maximum atomic E-state index is 12.0. The summed E-state index contributed by atoms with van der Waals surface area (Å²) in [4.78, 5) is 22.8. The first kappa shape index (κ1) is 15.2. The van der Waals surface area contributed by atoms with Crippen LogP contribution in [0.1, 0.15) is 30.1 Å². The highest BCUT2D eigenvalue weighted by molar-refractivity contribution is 9.10. The summed E-state index contributed by atoms with van der Waals surface area (Å²) in [6.45, 7) is 2.11. The maximum Gasteiger partial charge on any atom is 0.305 e. The molecule has 1 unspecified atom stereocenters. The second-order valence-corrected chi connectivity index (χ2v) is 5.22. The minimum Gasteiger partial charge on any atom is -0.466 e. The van der Waals surface area contributed by atoms with Crippen LogP contribution in [0.3, 0.4) is 0 Å². The zero-order chi connectivity index (χ0) is 13.5. The van der Waals surface area contributed by atoms with Gasteiger partial charge in [-0.25, -0.2) is 0 Å². The van der Waals surface area contributed by atoms with Crippen LogP contribution in [0.2, 0.25) is 5.02 Å². The summed E-state index contributed by atoms with van der Waals surface area (Å²) in [6.07, 6.45) is 0.642. The van der Waals surface area contributed by atoms with E-state index in [0.717, 1.165) is 0 Å². The molecule has 0 fully saturated rings. The SMILES string of the molecule is CCOC(=O)CCC(Br)C(=O)c1ccc(Cl)cc1. The molecule has 0 spiro atoms. The van der Waals surface area contributed by atoms with Crippen molar-refractivity contribution in [2.24, 2.45) is 0 Å². The highest BCUT2D eigenvalue weighted by Crippen LogP contribution is 2.17. The molecule has 98 valence electrons. The number of hydrogen-bond donors (Lipinski definition) is 0. The number of alkyl halides is 1. The van der Waals surface area contributed by atoms with Crippen LogP contribution in [0.25, 0.3) is 0 Å². The van der Waals surface area contributed by atoms with Crippen LogP contribution in [-0.2, 0) is 9.53 Å². The van der Waals surface area contributed by atoms with Crippen LogP contribution < -0.4 is 0 Å². The molecule has 0 heterocycles. The van der Waals surface area contributed by atoms with Crippen LogP contribution in [0.4, 0.5) is 0 Å². The first-order valence-electron chi connectivity index (χ1n) is 5.64.